The minimum Gasteiger partial charge on any atom is -0.478 e. The molecule has 110 valence electrons. The smallest absolute Gasteiger partial charge is 0.335 e. The number of carboxylic acid groups (broad SMARTS) is 1. The van der Waals surface area contributed by atoms with Crippen LogP contribution in [0.15, 0.2) is 42.7 Å². The van der Waals surface area contributed by atoms with E-state index in [1.165, 1.54) is 36.7 Å². The first-order chi connectivity index (χ1) is 10.5. The molecule has 0 aliphatic rings. The molecule has 2 N–H and O–H groups in total. The maximum Gasteiger partial charge on any atom is 0.335 e. The lowest BCUT2D eigenvalue weighted by atomic mass is 10.1. The molecule has 0 aliphatic heterocycles. The normalized spacial score (nSPS) is 10.6. The third-order valence-corrected chi connectivity index (χ3v) is 3.36. The summed E-state index contributed by atoms with van der Waals surface area (Å²) < 4.78 is 13.2. The number of aromatic nitrogens is 2. The number of carbonyl (C=O) groups is 1. The second-order valence-electron chi connectivity index (χ2n) is 4.51. The first-order valence-electron chi connectivity index (χ1n) is 6.25. The molecule has 22 heavy (non-hydrogen) atoms. The molecule has 0 spiro atoms. The van der Waals surface area contributed by atoms with Gasteiger partial charge in [0.05, 0.1) is 16.1 Å². The molecule has 0 radical (unpaired) electrons. The largest absolute Gasteiger partial charge is 0.478 e. The number of halogens is 2. The third-order valence-electron chi connectivity index (χ3n) is 3.07. The maximum atomic E-state index is 13.2. The van der Waals surface area contributed by atoms with Crippen LogP contribution in [0.2, 0.25) is 5.02 Å². The van der Waals surface area contributed by atoms with Gasteiger partial charge in [0.25, 0.3) is 0 Å². The SMILES string of the molecule is O=C(O)c1ccc2c(Nc3ccc(F)c(Cl)c3)ncnc2c1. The maximum absolute atomic E-state index is 13.2. The Bertz CT molecular complexity index is 886. The molecule has 0 unspecified atom stereocenters. The topological polar surface area (TPSA) is 75.1 Å². The fraction of sp³-hybridized carbons (Fsp3) is 0. The Morgan fingerprint density at radius 2 is 2.00 bits per heavy atom. The Labute approximate surface area is 129 Å². The number of rotatable bonds is 3. The Hall–Kier alpha value is -2.73. The summed E-state index contributed by atoms with van der Waals surface area (Å²) in [5.41, 5.74) is 1.20. The van der Waals surface area contributed by atoms with Crippen molar-refractivity contribution >= 4 is 40.0 Å². The minimum absolute atomic E-state index is 0.00322. The van der Waals surface area contributed by atoms with Crippen LogP contribution in [-0.2, 0) is 0 Å². The lowest BCUT2D eigenvalue weighted by molar-refractivity contribution is 0.0697. The van der Waals surface area contributed by atoms with Crippen molar-refractivity contribution in [3.63, 3.8) is 0 Å². The van der Waals surface area contributed by atoms with Crippen LogP contribution in [0, 0.1) is 5.82 Å². The van der Waals surface area contributed by atoms with Gasteiger partial charge < -0.3 is 10.4 Å². The number of hydrogen-bond donors (Lipinski definition) is 2. The van der Waals surface area contributed by atoms with Crippen LogP contribution >= 0.6 is 11.6 Å². The van der Waals surface area contributed by atoms with Crippen LogP contribution in [0.4, 0.5) is 15.9 Å². The van der Waals surface area contributed by atoms with Crippen LogP contribution in [-0.4, -0.2) is 21.0 Å². The Kier molecular flexibility index (Phi) is 3.60. The van der Waals surface area contributed by atoms with E-state index in [2.05, 4.69) is 15.3 Å². The number of anilines is 2. The van der Waals surface area contributed by atoms with Gasteiger partial charge in [0.1, 0.15) is 18.0 Å². The van der Waals surface area contributed by atoms with Gasteiger partial charge in [0, 0.05) is 11.1 Å². The van der Waals surface area contributed by atoms with E-state index in [1.807, 2.05) is 0 Å². The molecule has 2 aromatic carbocycles. The lowest BCUT2D eigenvalue weighted by Crippen LogP contribution is -1.99. The van der Waals surface area contributed by atoms with Crippen molar-refractivity contribution in [1.29, 1.82) is 0 Å². The third kappa shape index (κ3) is 2.68. The molecule has 0 bridgehead atoms. The van der Waals surface area contributed by atoms with Gasteiger partial charge >= 0.3 is 5.97 Å². The zero-order valence-electron chi connectivity index (χ0n) is 11.0. The second-order valence-corrected chi connectivity index (χ2v) is 4.92. The van der Waals surface area contributed by atoms with E-state index in [0.717, 1.165) is 0 Å². The summed E-state index contributed by atoms with van der Waals surface area (Å²) in [6.45, 7) is 0. The monoisotopic (exact) mass is 317 g/mol. The van der Waals surface area contributed by atoms with Crippen molar-refractivity contribution in [2.75, 3.05) is 5.32 Å². The van der Waals surface area contributed by atoms with Crippen molar-refractivity contribution in [3.8, 4) is 0 Å². The van der Waals surface area contributed by atoms with Gasteiger partial charge in [0.2, 0.25) is 0 Å². The average Bonchev–Trinajstić information content (AvgIpc) is 2.50. The molecular weight excluding hydrogens is 309 g/mol. The number of nitrogens with zero attached hydrogens (tertiary/aromatic N) is 2. The average molecular weight is 318 g/mol. The molecule has 3 rings (SSSR count). The Morgan fingerprint density at radius 1 is 1.18 bits per heavy atom. The van der Waals surface area contributed by atoms with Gasteiger partial charge in [-0.2, -0.15) is 0 Å². The van der Waals surface area contributed by atoms with Gasteiger partial charge in [-0.1, -0.05) is 11.6 Å². The van der Waals surface area contributed by atoms with Crippen molar-refractivity contribution in [2.24, 2.45) is 0 Å². The zero-order valence-corrected chi connectivity index (χ0v) is 11.8. The molecule has 0 aliphatic carbocycles. The highest BCUT2D eigenvalue weighted by atomic mass is 35.5. The number of carboxylic acids is 1. The number of hydrogen-bond acceptors (Lipinski definition) is 4. The lowest BCUT2D eigenvalue weighted by Gasteiger charge is -2.09. The summed E-state index contributed by atoms with van der Waals surface area (Å²) in [6.07, 6.45) is 1.32. The summed E-state index contributed by atoms with van der Waals surface area (Å²) >= 11 is 5.74. The fourth-order valence-corrected chi connectivity index (χ4v) is 2.18. The Balaban J connectivity index is 2.03. The quantitative estimate of drug-likeness (QED) is 0.767. The highest BCUT2D eigenvalue weighted by molar-refractivity contribution is 6.31. The van der Waals surface area contributed by atoms with E-state index >= 15 is 0 Å². The Morgan fingerprint density at radius 3 is 2.73 bits per heavy atom. The van der Waals surface area contributed by atoms with Crippen LogP contribution in [0.3, 0.4) is 0 Å². The second kappa shape index (κ2) is 5.57. The molecular formula is C15H9ClFN3O2. The summed E-state index contributed by atoms with van der Waals surface area (Å²) in [5.74, 6) is -1.06. The molecule has 0 saturated carbocycles. The van der Waals surface area contributed by atoms with Gasteiger partial charge in [-0.25, -0.2) is 19.2 Å². The summed E-state index contributed by atoms with van der Waals surface area (Å²) in [4.78, 5) is 19.2. The highest BCUT2D eigenvalue weighted by Crippen LogP contribution is 2.26. The van der Waals surface area contributed by atoms with E-state index in [9.17, 15) is 9.18 Å². The van der Waals surface area contributed by atoms with Crippen LogP contribution in [0.1, 0.15) is 10.4 Å². The first-order valence-corrected chi connectivity index (χ1v) is 6.62. The molecule has 3 aromatic rings. The zero-order chi connectivity index (χ0) is 15.7. The predicted molar refractivity (Wildman–Crippen MR) is 81.2 cm³/mol. The van der Waals surface area contributed by atoms with Gasteiger partial charge in [0.15, 0.2) is 0 Å². The fourth-order valence-electron chi connectivity index (χ4n) is 2.00. The van der Waals surface area contributed by atoms with E-state index in [1.54, 1.807) is 6.07 Å². The predicted octanol–water partition coefficient (Wildman–Crippen LogP) is 3.86. The van der Waals surface area contributed by atoms with Crippen LogP contribution in [0.5, 0.6) is 0 Å². The van der Waals surface area contributed by atoms with Crippen molar-refractivity contribution in [1.82, 2.24) is 9.97 Å². The van der Waals surface area contributed by atoms with E-state index in [0.29, 0.717) is 22.4 Å². The van der Waals surface area contributed by atoms with E-state index in [-0.39, 0.29) is 10.6 Å². The van der Waals surface area contributed by atoms with Crippen LogP contribution < -0.4 is 5.32 Å². The van der Waals surface area contributed by atoms with E-state index in [4.69, 9.17) is 16.7 Å². The van der Waals surface area contributed by atoms with Gasteiger partial charge in [-0.3, -0.25) is 0 Å². The molecule has 0 atom stereocenters. The summed E-state index contributed by atoms with van der Waals surface area (Å²) in [6, 6.07) is 8.76. The first kappa shape index (κ1) is 14.2. The number of aromatic carboxylic acids is 1. The van der Waals surface area contributed by atoms with Crippen LogP contribution in [0.25, 0.3) is 10.9 Å². The van der Waals surface area contributed by atoms with Crippen molar-refractivity contribution < 1.29 is 14.3 Å². The molecule has 1 heterocycles. The number of nitrogens with one attached hydrogen (secondary N) is 1. The summed E-state index contributed by atoms with van der Waals surface area (Å²) in [7, 11) is 0. The number of benzene rings is 2. The van der Waals surface area contributed by atoms with Gasteiger partial charge in [-0.05, 0) is 36.4 Å². The molecule has 0 saturated heterocycles. The molecule has 0 amide bonds. The summed E-state index contributed by atoms with van der Waals surface area (Å²) in [5, 5.41) is 12.7. The highest BCUT2D eigenvalue weighted by Gasteiger charge is 2.09. The molecule has 1 aromatic heterocycles. The molecule has 7 heteroatoms. The van der Waals surface area contributed by atoms with E-state index < -0.39 is 11.8 Å². The molecule has 5 nitrogen and oxygen atoms in total. The minimum atomic E-state index is -1.03. The molecule has 0 fully saturated rings. The van der Waals surface area contributed by atoms with Crippen molar-refractivity contribution in [3.05, 3.63) is 59.1 Å². The van der Waals surface area contributed by atoms with Gasteiger partial charge in [-0.15, -0.1) is 0 Å². The standard InChI is InChI=1S/C15H9ClFN3O2/c16-11-6-9(2-4-12(11)17)20-14-10-3-1-8(15(21)22)5-13(10)18-7-19-14/h1-7H,(H,21,22)(H,18,19,20). The van der Waals surface area contributed by atoms with Crippen molar-refractivity contribution in [2.45, 2.75) is 0 Å². The number of fused-ring (bicyclic) bond motifs is 1.